The average molecular weight is 592 g/mol. The van der Waals surface area contributed by atoms with Gasteiger partial charge in [0.2, 0.25) is 5.88 Å². The predicted molar refractivity (Wildman–Crippen MR) is 168 cm³/mol. The van der Waals surface area contributed by atoms with Crippen molar-refractivity contribution in [1.29, 1.82) is 0 Å². The highest BCUT2D eigenvalue weighted by molar-refractivity contribution is 6.00. The fourth-order valence-electron chi connectivity index (χ4n) is 7.34. The van der Waals surface area contributed by atoms with Crippen LogP contribution >= 0.6 is 0 Å². The first-order valence-electron chi connectivity index (χ1n) is 15.5. The smallest absolute Gasteiger partial charge is 0.254 e. The largest absolute Gasteiger partial charge is 0.494 e. The minimum atomic E-state index is -0.000727. The number of fused-ring (bicyclic) bond motifs is 4. The number of imidazole rings is 1. The number of aryl methyl sites for hydroxylation is 3. The van der Waals surface area contributed by atoms with E-state index in [9.17, 15) is 4.79 Å². The van der Waals surface area contributed by atoms with E-state index in [1.807, 2.05) is 56.1 Å². The monoisotopic (exact) mass is 591 g/mol. The van der Waals surface area contributed by atoms with E-state index in [0.29, 0.717) is 29.0 Å². The van der Waals surface area contributed by atoms with Crippen molar-refractivity contribution >= 4 is 28.0 Å². The molecule has 1 saturated heterocycles. The maximum Gasteiger partial charge on any atom is 0.254 e. The Morgan fingerprint density at radius 3 is 2.48 bits per heavy atom. The van der Waals surface area contributed by atoms with E-state index in [-0.39, 0.29) is 18.0 Å². The molecule has 8 rings (SSSR count). The highest BCUT2D eigenvalue weighted by atomic mass is 16.5. The minimum absolute atomic E-state index is 0.000727. The van der Waals surface area contributed by atoms with Gasteiger partial charge in [0.15, 0.2) is 5.82 Å². The van der Waals surface area contributed by atoms with Gasteiger partial charge in [0.05, 0.1) is 18.3 Å². The number of aromatic nitrogens is 5. The van der Waals surface area contributed by atoms with Crippen LogP contribution in [0, 0.1) is 25.7 Å². The number of likely N-dealkylation sites (tertiary alicyclic amines) is 1. The van der Waals surface area contributed by atoms with E-state index in [1.165, 1.54) is 12.8 Å². The first-order valence-corrected chi connectivity index (χ1v) is 15.5. The van der Waals surface area contributed by atoms with Crippen molar-refractivity contribution in [3.8, 4) is 28.9 Å². The lowest BCUT2D eigenvalue weighted by atomic mass is 10.1. The summed E-state index contributed by atoms with van der Waals surface area (Å²) in [5.74, 6) is 3.68. The van der Waals surface area contributed by atoms with Crippen molar-refractivity contribution in [1.82, 2.24) is 29.0 Å². The lowest BCUT2D eigenvalue weighted by molar-refractivity contribution is 0.0700. The Balaban J connectivity index is 1.21. The summed E-state index contributed by atoms with van der Waals surface area (Å²) >= 11 is 0. The molecule has 2 bridgehead atoms. The van der Waals surface area contributed by atoms with Crippen LogP contribution < -0.4 is 15.2 Å². The van der Waals surface area contributed by atoms with E-state index in [0.717, 1.165) is 76.7 Å². The Morgan fingerprint density at radius 2 is 1.80 bits per heavy atom. The number of nitrogens with two attached hydrogens (primary N) is 1. The molecule has 226 valence electrons. The van der Waals surface area contributed by atoms with Crippen molar-refractivity contribution in [2.24, 2.45) is 24.6 Å². The van der Waals surface area contributed by atoms with Gasteiger partial charge in [-0.2, -0.15) is 4.98 Å². The van der Waals surface area contributed by atoms with Gasteiger partial charge in [-0.05, 0) is 75.6 Å². The zero-order valence-electron chi connectivity index (χ0n) is 25.6. The van der Waals surface area contributed by atoms with Gasteiger partial charge in [-0.3, -0.25) is 9.78 Å². The van der Waals surface area contributed by atoms with Crippen LogP contribution in [0.4, 0.5) is 0 Å². The van der Waals surface area contributed by atoms with Gasteiger partial charge < -0.3 is 29.2 Å². The Hall–Kier alpha value is -4.44. The summed E-state index contributed by atoms with van der Waals surface area (Å²) < 4.78 is 16.4. The molecule has 5 aromatic rings. The third-order valence-electron chi connectivity index (χ3n) is 9.68. The number of methoxy groups -OCH3 is 1. The Kier molecular flexibility index (Phi) is 6.20. The number of carbonyl (C=O) groups is 1. The molecule has 0 radical (unpaired) electrons. The van der Waals surface area contributed by atoms with Crippen LogP contribution in [0.15, 0.2) is 42.5 Å². The maximum absolute atomic E-state index is 13.7. The van der Waals surface area contributed by atoms with E-state index >= 15 is 0 Å². The van der Waals surface area contributed by atoms with Crippen LogP contribution in [0.5, 0.6) is 17.4 Å². The molecule has 1 amide bonds. The molecular weight excluding hydrogens is 554 g/mol. The molecule has 4 aromatic heterocycles. The molecular formula is C34H37N7O3. The quantitative estimate of drug-likeness (QED) is 0.271. The number of ether oxygens (including phenoxy) is 2. The molecule has 3 atom stereocenters. The van der Waals surface area contributed by atoms with Crippen LogP contribution in [0.2, 0.25) is 0 Å². The Bertz CT molecular complexity index is 1940. The number of hydrogen-bond donors (Lipinski definition) is 1. The Labute approximate surface area is 255 Å². The molecule has 5 heterocycles. The molecule has 3 aliphatic rings. The molecule has 0 spiro atoms. The maximum atomic E-state index is 13.7. The summed E-state index contributed by atoms with van der Waals surface area (Å²) in [5.41, 5.74) is 12.2. The molecule has 2 unspecified atom stereocenters. The SMILES string of the molecule is COc1cc(C(=O)N2CC3CCC2[C@@H]3N)cc2nc(-c3cc4ccc(Oc5cc(C)nc(C)c5)nc4n3CC3CC3)n(C)c12. The first-order chi connectivity index (χ1) is 21.3. The fourth-order valence-corrected chi connectivity index (χ4v) is 7.34. The summed E-state index contributed by atoms with van der Waals surface area (Å²) in [6.45, 7) is 5.49. The van der Waals surface area contributed by atoms with Gasteiger partial charge >= 0.3 is 0 Å². The van der Waals surface area contributed by atoms with Gasteiger partial charge in [-0.1, -0.05) is 0 Å². The highest BCUT2D eigenvalue weighted by Crippen LogP contribution is 2.40. The van der Waals surface area contributed by atoms with Gasteiger partial charge in [0.25, 0.3) is 5.91 Å². The van der Waals surface area contributed by atoms with Crippen LogP contribution in [0.1, 0.15) is 47.4 Å². The van der Waals surface area contributed by atoms with E-state index < -0.39 is 0 Å². The van der Waals surface area contributed by atoms with E-state index in [1.54, 1.807) is 7.11 Å². The van der Waals surface area contributed by atoms with Crippen molar-refractivity contribution in [2.75, 3.05) is 13.7 Å². The molecule has 44 heavy (non-hydrogen) atoms. The summed E-state index contributed by atoms with van der Waals surface area (Å²) in [6, 6.07) is 13.9. The third kappa shape index (κ3) is 4.42. The van der Waals surface area contributed by atoms with E-state index in [2.05, 4.69) is 26.3 Å². The standard InChI is InChI=1S/C34H37N7O3/c1-18-11-24(12-19(2)36-18)44-29-10-8-21-14-27(40(32(21)38-29)16-20-5-6-20)33-37-25-13-23(15-28(43-4)31(25)39(33)3)34(42)41-17-22-7-9-26(41)30(22)35/h8,10-15,20,22,26,30H,5-7,9,16-17,35H2,1-4H3/t22?,26?,30-/m1/s1. The summed E-state index contributed by atoms with van der Waals surface area (Å²) in [6.07, 6.45) is 4.48. The Morgan fingerprint density at radius 1 is 1.00 bits per heavy atom. The van der Waals surface area contributed by atoms with Crippen LogP contribution in [-0.4, -0.2) is 60.6 Å². The average Bonchev–Trinajstić information content (AvgIpc) is 3.41. The number of benzene rings is 1. The number of hydrogen-bond acceptors (Lipinski definition) is 7. The van der Waals surface area contributed by atoms with Gasteiger partial charge in [-0.25, -0.2) is 4.98 Å². The highest BCUT2D eigenvalue weighted by Gasteiger charge is 2.47. The molecule has 2 aliphatic carbocycles. The lowest BCUT2D eigenvalue weighted by Gasteiger charge is -2.27. The number of nitrogens with zero attached hydrogens (tertiary/aromatic N) is 6. The zero-order chi connectivity index (χ0) is 30.3. The number of piperidine rings is 1. The normalized spacial score (nSPS) is 21.1. The molecule has 2 saturated carbocycles. The van der Waals surface area contributed by atoms with Crippen molar-refractivity contribution in [3.05, 3.63) is 59.4 Å². The number of rotatable bonds is 7. The lowest BCUT2D eigenvalue weighted by Crippen LogP contribution is -2.41. The minimum Gasteiger partial charge on any atom is -0.494 e. The van der Waals surface area contributed by atoms with Crippen molar-refractivity contribution in [2.45, 2.75) is 58.2 Å². The third-order valence-corrected chi connectivity index (χ3v) is 9.68. The van der Waals surface area contributed by atoms with Gasteiger partial charge in [-0.15, -0.1) is 0 Å². The predicted octanol–water partition coefficient (Wildman–Crippen LogP) is 5.37. The second-order valence-corrected chi connectivity index (χ2v) is 12.8. The van der Waals surface area contributed by atoms with E-state index in [4.69, 9.17) is 25.2 Å². The molecule has 10 heteroatoms. The topological polar surface area (TPSA) is 113 Å². The summed E-state index contributed by atoms with van der Waals surface area (Å²) in [4.78, 5) is 30.2. The van der Waals surface area contributed by atoms with Gasteiger partial charge in [0, 0.05) is 72.8 Å². The van der Waals surface area contributed by atoms with Crippen molar-refractivity contribution < 1.29 is 14.3 Å². The second-order valence-electron chi connectivity index (χ2n) is 12.8. The number of amides is 1. The zero-order valence-corrected chi connectivity index (χ0v) is 25.6. The molecule has 1 aliphatic heterocycles. The van der Waals surface area contributed by atoms with Crippen LogP contribution in [-0.2, 0) is 13.6 Å². The summed E-state index contributed by atoms with van der Waals surface area (Å²) in [5, 5.41) is 1.02. The summed E-state index contributed by atoms with van der Waals surface area (Å²) in [7, 11) is 3.65. The molecule has 2 N–H and O–H groups in total. The molecule has 10 nitrogen and oxygen atoms in total. The first kappa shape index (κ1) is 27.1. The second kappa shape index (κ2) is 10.1. The van der Waals surface area contributed by atoms with Crippen molar-refractivity contribution in [3.63, 3.8) is 0 Å². The van der Waals surface area contributed by atoms with Gasteiger partial charge in [0.1, 0.15) is 22.7 Å². The fraction of sp³-hybridized carbons (Fsp3) is 0.412. The number of pyridine rings is 2. The number of carbonyl (C=O) groups excluding carboxylic acids is 1. The molecule has 1 aromatic carbocycles. The van der Waals surface area contributed by atoms with Crippen LogP contribution in [0.25, 0.3) is 33.6 Å². The van der Waals surface area contributed by atoms with Crippen LogP contribution in [0.3, 0.4) is 0 Å². The molecule has 3 fully saturated rings.